The Hall–Kier alpha value is -0.900. The lowest BCUT2D eigenvalue weighted by molar-refractivity contribution is 0.141. The molecule has 4 heteroatoms. The summed E-state index contributed by atoms with van der Waals surface area (Å²) in [6.45, 7) is 0.784. The fourth-order valence-electron chi connectivity index (χ4n) is 3.24. The Morgan fingerprint density at radius 2 is 2.00 bits per heavy atom. The van der Waals surface area contributed by atoms with Gasteiger partial charge in [0.15, 0.2) is 5.82 Å². The van der Waals surface area contributed by atoms with E-state index in [0.717, 1.165) is 24.6 Å². The third kappa shape index (κ3) is 2.10. The van der Waals surface area contributed by atoms with Gasteiger partial charge >= 0.3 is 0 Å². The van der Waals surface area contributed by atoms with Gasteiger partial charge in [-0.2, -0.15) is 5.10 Å². The highest BCUT2D eigenvalue weighted by Crippen LogP contribution is 2.42. The zero-order chi connectivity index (χ0) is 11.7. The summed E-state index contributed by atoms with van der Waals surface area (Å²) in [6, 6.07) is 0. The molecule has 2 aliphatic carbocycles. The van der Waals surface area contributed by atoms with E-state index in [0.29, 0.717) is 11.3 Å². The van der Waals surface area contributed by atoms with Crippen molar-refractivity contribution < 1.29 is 0 Å². The van der Waals surface area contributed by atoms with Crippen molar-refractivity contribution in [1.82, 2.24) is 15.2 Å². The van der Waals surface area contributed by atoms with E-state index in [2.05, 4.69) is 15.2 Å². The van der Waals surface area contributed by atoms with Crippen molar-refractivity contribution in [2.24, 2.45) is 11.1 Å². The lowest BCUT2D eigenvalue weighted by atomic mass is 9.66. The van der Waals surface area contributed by atoms with Crippen LogP contribution in [-0.4, -0.2) is 21.7 Å². The van der Waals surface area contributed by atoms with E-state index in [9.17, 15) is 0 Å². The first kappa shape index (κ1) is 11.2. The van der Waals surface area contributed by atoms with E-state index in [4.69, 9.17) is 5.73 Å². The summed E-state index contributed by atoms with van der Waals surface area (Å²) >= 11 is 0. The van der Waals surface area contributed by atoms with Gasteiger partial charge in [0.1, 0.15) is 5.82 Å². The maximum Gasteiger partial charge on any atom is 0.153 e. The minimum Gasteiger partial charge on any atom is -0.330 e. The second-order valence-electron chi connectivity index (χ2n) is 5.86. The SMILES string of the molecule is NCC1(Cc2nc(C3CCCC3)n[nH]2)CCC1. The first-order chi connectivity index (χ1) is 8.31. The van der Waals surface area contributed by atoms with Crippen molar-refractivity contribution in [3.8, 4) is 0 Å². The average Bonchev–Trinajstić information content (AvgIpc) is 2.94. The van der Waals surface area contributed by atoms with Crippen LogP contribution in [0.3, 0.4) is 0 Å². The number of nitrogens with one attached hydrogen (secondary N) is 1. The van der Waals surface area contributed by atoms with Crippen LogP contribution in [0.2, 0.25) is 0 Å². The Kier molecular flexibility index (Phi) is 2.90. The van der Waals surface area contributed by atoms with Crippen LogP contribution in [0.15, 0.2) is 0 Å². The lowest BCUT2D eigenvalue weighted by Crippen LogP contribution is -2.39. The number of aromatic amines is 1. The van der Waals surface area contributed by atoms with Gasteiger partial charge in [0.25, 0.3) is 0 Å². The topological polar surface area (TPSA) is 67.6 Å². The Morgan fingerprint density at radius 3 is 2.59 bits per heavy atom. The van der Waals surface area contributed by atoms with Gasteiger partial charge in [-0.25, -0.2) is 4.98 Å². The minimum atomic E-state index is 0.326. The predicted octanol–water partition coefficient (Wildman–Crippen LogP) is 2.13. The predicted molar refractivity (Wildman–Crippen MR) is 66.6 cm³/mol. The molecule has 1 aromatic heterocycles. The van der Waals surface area contributed by atoms with Crippen molar-refractivity contribution in [3.05, 3.63) is 11.6 Å². The number of nitrogens with two attached hydrogens (primary N) is 1. The third-order valence-corrected chi connectivity index (χ3v) is 4.66. The Balaban J connectivity index is 1.67. The molecule has 0 spiro atoms. The molecule has 1 aromatic rings. The fraction of sp³-hybridized carbons (Fsp3) is 0.846. The highest BCUT2D eigenvalue weighted by atomic mass is 15.2. The zero-order valence-corrected chi connectivity index (χ0v) is 10.4. The van der Waals surface area contributed by atoms with Gasteiger partial charge in [-0.15, -0.1) is 0 Å². The molecular formula is C13H22N4. The highest BCUT2D eigenvalue weighted by Gasteiger charge is 2.36. The van der Waals surface area contributed by atoms with Crippen LogP contribution in [0.4, 0.5) is 0 Å². The maximum absolute atomic E-state index is 5.88. The van der Waals surface area contributed by atoms with E-state index in [1.54, 1.807) is 0 Å². The smallest absolute Gasteiger partial charge is 0.153 e. The van der Waals surface area contributed by atoms with Crippen molar-refractivity contribution in [1.29, 1.82) is 0 Å². The van der Waals surface area contributed by atoms with Crippen molar-refractivity contribution >= 4 is 0 Å². The standard InChI is InChI=1S/C13H22N4/c14-9-13(6-3-7-13)8-11-15-12(17-16-11)10-4-1-2-5-10/h10H,1-9,14H2,(H,15,16,17). The summed E-state index contributed by atoms with van der Waals surface area (Å²) in [5.41, 5.74) is 6.21. The molecule has 1 heterocycles. The lowest BCUT2D eigenvalue weighted by Gasteiger charge is -2.40. The van der Waals surface area contributed by atoms with Gasteiger partial charge < -0.3 is 5.73 Å². The fourth-order valence-corrected chi connectivity index (χ4v) is 3.24. The summed E-state index contributed by atoms with van der Waals surface area (Å²) in [4.78, 5) is 4.68. The first-order valence-electron chi connectivity index (χ1n) is 6.93. The van der Waals surface area contributed by atoms with Gasteiger partial charge in [-0.1, -0.05) is 19.3 Å². The van der Waals surface area contributed by atoms with Gasteiger partial charge in [-0.05, 0) is 37.6 Å². The van der Waals surface area contributed by atoms with Crippen molar-refractivity contribution in [2.45, 2.75) is 57.3 Å². The Bertz CT molecular complexity index is 369. The molecule has 2 saturated carbocycles. The summed E-state index contributed by atoms with van der Waals surface area (Å²) in [7, 11) is 0. The van der Waals surface area contributed by atoms with Gasteiger partial charge in [0.05, 0.1) is 0 Å². The average molecular weight is 234 g/mol. The molecule has 0 atom stereocenters. The second-order valence-corrected chi connectivity index (χ2v) is 5.86. The van der Waals surface area contributed by atoms with E-state index in [-0.39, 0.29) is 0 Å². The van der Waals surface area contributed by atoms with Crippen LogP contribution >= 0.6 is 0 Å². The molecule has 0 amide bonds. The van der Waals surface area contributed by atoms with E-state index in [1.807, 2.05) is 0 Å². The van der Waals surface area contributed by atoms with Crippen molar-refractivity contribution in [3.63, 3.8) is 0 Å². The van der Waals surface area contributed by atoms with Crippen LogP contribution in [0, 0.1) is 5.41 Å². The first-order valence-corrected chi connectivity index (χ1v) is 6.93. The summed E-state index contributed by atoms with van der Waals surface area (Å²) < 4.78 is 0. The summed E-state index contributed by atoms with van der Waals surface area (Å²) in [5, 5.41) is 7.52. The molecule has 0 aliphatic heterocycles. The van der Waals surface area contributed by atoms with Gasteiger partial charge in [0, 0.05) is 12.3 Å². The molecule has 0 radical (unpaired) electrons. The molecule has 17 heavy (non-hydrogen) atoms. The molecule has 2 aliphatic rings. The minimum absolute atomic E-state index is 0.326. The number of hydrogen-bond acceptors (Lipinski definition) is 3. The molecule has 0 saturated heterocycles. The number of nitrogens with zero attached hydrogens (tertiary/aromatic N) is 2. The van der Waals surface area contributed by atoms with Crippen LogP contribution in [0.5, 0.6) is 0 Å². The van der Waals surface area contributed by atoms with Crippen LogP contribution in [0.25, 0.3) is 0 Å². The third-order valence-electron chi connectivity index (χ3n) is 4.66. The maximum atomic E-state index is 5.88. The normalized spacial score (nSPS) is 23.8. The van der Waals surface area contributed by atoms with Crippen molar-refractivity contribution in [2.75, 3.05) is 6.54 Å². The molecule has 3 rings (SSSR count). The van der Waals surface area contributed by atoms with Gasteiger partial charge in [-0.3, -0.25) is 5.10 Å². The van der Waals surface area contributed by atoms with E-state index in [1.165, 1.54) is 44.9 Å². The van der Waals surface area contributed by atoms with E-state index < -0.39 is 0 Å². The number of rotatable bonds is 4. The number of H-pyrrole nitrogens is 1. The molecule has 0 bridgehead atoms. The zero-order valence-electron chi connectivity index (χ0n) is 10.4. The van der Waals surface area contributed by atoms with Crippen LogP contribution in [-0.2, 0) is 6.42 Å². The Labute approximate surface area is 102 Å². The number of aromatic nitrogens is 3. The highest BCUT2D eigenvalue weighted by molar-refractivity contribution is 5.04. The number of hydrogen-bond donors (Lipinski definition) is 2. The van der Waals surface area contributed by atoms with Gasteiger partial charge in [0.2, 0.25) is 0 Å². The molecule has 0 aromatic carbocycles. The van der Waals surface area contributed by atoms with Crippen LogP contribution in [0.1, 0.15) is 62.5 Å². The molecule has 4 nitrogen and oxygen atoms in total. The Morgan fingerprint density at radius 1 is 1.24 bits per heavy atom. The molecule has 3 N–H and O–H groups in total. The quantitative estimate of drug-likeness (QED) is 0.838. The summed E-state index contributed by atoms with van der Waals surface area (Å²) in [6.07, 6.45) is 10.0. The second kappa shape index (κ2) is 4.41. The molecule has 2 fully saturated rings. The molecule has 0 unspecified atom stereocenters. The monoisotopic (exact) mass is 234 g/mol. The van der Waals surface area contributed by atoms with E-state index >= 15 is 0 Å². The summed E-state index contributed by atoms with van der Waals surface area (Å²) in [5.74, 6) is 2.70. The largest absolute Gasteiger partial charge is 0.330 e. The molecule has 94 valence electrons. The van der Waals surface area contributed by atoms with Crippen LogP contribution < -0.4 is 5.73 Å². The molecular weight excluding hydrogens is 212 g/mol.